The van der Waals surface area contributed by atoms with E-state index in [0.29, 0.717) is 44.9 Å². The molecule has 0 amide bonds. The monoisotopic (exact) mass is 1220 g/mol. The van der Waals surface area contributed by atoms with E-state index in [-0.39, 0.29) is 47.7 Å². The quantitative estimate of drug-likeness (QED) is 0.0429. The number of hydrogen-bond acceptors (Lipinski definition) is 28. The summed E-state index contributed by atoms with van der Waals surface area (Å²) in [5, 5.41) is 162. The van der Waals surface area contributed by atoms with E-state index in [9.17, 15) is 86.2 Å². The van der Waals surface area contributed by atoms with Crippen LogP contribution in [0, 0.1) is 40.4 Å². The first-order chi connectivity index (χ1) is 40.1. The summed E-state index contributed by atoms with van der Waals surface area (Å²) in [4.78, 5) is 27.1. The van der Waals surface area contributed by atoms with Gasteiger partial charge in [0.15, 0.2) is 37.6 Å². The van der Waals surface area contributed by atoms with Gasteiger partial charge in [0.1, 0.15) is 115 Å². The van der Waals surface area contributed by atoms with Crippen LogP contribution in [0.15, 0.2) is 11.6 Å². The van der Waals surface area contributed by atoms with Crippen molar-refractivity contribution in [3.05, 3.63) is 11.6 Å². The molecule has 9 aliphatic rings. The van der Waals surface area contributed by atoms with E-state index >= 15 is 0 Å². The second-order valence-electron chi connectivity index (χ2n) is 26.1. The summed E-state index contributed by atoms with van der Waals surface area (Å²) in [6.45, 7) is 8.10. The molecule has 0 unspecified atom stereocenters. The van der Waals surface area contributed by atoms with E-state index in [1.807, 2.05) is 20.8 Å². The van der Waals surface area contributed by atoms with Crippen molar-refractivity contribution in [2.24, 2.45) is 40.4 Å². The molecule has 9 rings (SSSR count). The Morgan fingerprint density at radius 2 is 1.21 bits per heavy atom. The fourth-order valence-corrected chi connectivity index (χ4v) is 15.4. The molecule has 28 heteroatoms. The van der Waals surface area contributed by atoms with Crippen LogP contribution in [-0.4, -0.2) is 281 Å². The van der Waals surface area contributed by atoms with Crippen LogP contribution in [0.3, 0.4) is 0 Å². The minimum Gasteiger partial charge on any atom is -0.454 e. The number of Topliss-reactive ketones (excluding diaryl/α,β-unsaturated/α-hetero) is 1. The number of ether oxygens (including phenoxy) is 11. The predicted molar refractivity (Wildman–Crippen MR) is 283 cm³/mol. The Morgan fingerprint density at radius 3 is 1.87 bits per heavy atom. The second-order valence-corrected chi connectivity index (χ2v) is 26.1. The van der Waals surface area contributed by atoms with Crippen molar-refractivity contribution in [1.82, 2.24) is 0 Å². The molecule has 5 heterocycles. The number of allylic oxidation sites excluding steroid dienone is 1. The molecule has 4 aliphatic carbocycles. The van der Waals surface area contributed by atoms with Gasteiger partial charge in [0, 0.05) is 24.7 Å². The lowest BCUT2D eigenvalue weighted by molar-refractivity contribution is -0.365. The molecule has 0 radical (unpaired) electrons. The summed E-state index contributed by atoms with van der Waals surface area (Å²) >= 11 is 0. The Morgan fingerprint density at radius 1 is 0.624 bits per heavy atom. The normalized spacial score (nSPS) is 50.6. The molecule has 28 nitrogen and oxygen atoms in total. The molecule has 5 saturated heterocycles. The third kappa shape index (κ3) is 12.8. The van der Waals surface area contributed by atoms with Crippen LogP contribution in [0.4, 0.5) is 0 Å². The van der Waals surface area contributed by atoms with Crippen LogP contribution in [0.2, 0.25) is 0 Å². The standard InChI is InChI=1S/C57H92O28/c1-22(2)7-10-30(61)23(3)57(74)36(83-54-49(78-24(4)60)47(32(63)20-76-54)84-51-43(70)37(64)31(62)19-75-51)16-29-27-9-8-25-15-26(11-13-55(25,5)28(27)12-14-56(29,57)6)79-52-44(71)41(68)39(66)35(82-52)21-77-50-46(73)42(69)48(34(18-59)81-50)85-53-45(72)40(67)38(65)33(17-58)80-53/h8,22-23,26-29,31-54,58-59,62-74H,7,9-21H2,1-6H3/t23-,26+,27-,28+,29+,31-,32+,33-,34-,35-,36+,37+,38-,39-,40+,41+,42-,43-,44-,45-,46-,47+,48-,49-,50-,51+,52-,53+,54+,55+,56+,57-/m1/s1. The lowest BCUT2D eigenvalue weighted by Crippen LogP contribution is -2.65. The molecule has 15 N–H and O–H groups in total. The largest absolute Gasteiger partial charge is 0.454 e. The molecule has 488 valence electrons. The maximum absolute atomic E-state index is 14.3. The maximum atomic E-state index is 14.3. The number of fused-ring (bicyclic) bond motifs is 5. The van der Waals surface area contributed by atoms with Crippen LogP contribution < -0.4 is 0 Å². The van der Waals surface area contributed by atoms with Gasteiger partial charge in [0.2, 0.25) is 0 Å². The van der Waals surface area contributed by atoms with Gasteiger partial charge >= 0.3 is 5.97 Å². The van der Waals surface area contributed by atoms with Crippen molar-refractivity contribution in [3.63, 3.8) is 0 Å². The fourth-order valence-electron chi connectivity index (χ4n) is 15.4. The van der Waals surface area contributed by atoms with Gasteiger partial charge in [-0.2, -0.15) is 0 Å². The molecule has 85 heavy (non-hydrogen) atoms. The smallest absolute Gasteiger partial charge is 0.303 e. The van der Waals surface area contributed by atoms with E-state index in [1.54, 1.807) is 6.92 Å². The lowest BCUT2D eigenvalue weighted by atomic mass is 9.46. The SMILES string of the molecule is CC(=O)O[C@H]1[C@H](O[C@H]2C[C@H]3[C@@H]4CC=C5C[C@@H](O[C@@H]6O[C@H](CO[C@@H]7O[C@H](CO)[C@@H](O[C@@H]8O[C@H](CO)[C@@H](O)[C@H](O)[C@H]8O)[C@H](O)[C@H]7O)[C@@H](O)[C@H](O)[C@H]6O)CC[C@]5(C)[C@H]4CC[C@]3(C)[C@@]2(O)[C@H](C)C(=O)CCC(C)C)OC[C@H](O)[C@@H]1O[C@@H]1OC[C@@H](O)[C@H](O)[C@H]1O. The number of rotatable bonds is 19. The first-order valence-electron chi connectivity index (χ1n) is 30.0. The van der Waals surface area contributed by atoms with Crippen molar-refractivity contribution in [2.75, 3.05) is 33.0 Å². The van der Waals surface area contributed by atoms with Gasteiger partial charge in [-0.1, -0.05) is 46.3 Å². The van der Waals surface area contributed by atoms with Crippen molar-refractivity contribution >= 4 is 11.8 Å². The minimum atomic E-state index is -1.90. The Hall–Kier alpha value is -2.12. The van der Waals surface area contributed by atoms with E-state index in [0.717, 1.165) is 12.5 Å². The Labute approximate surface area is 492 Å². The zero-order valence-electron chi connectivity index (χ0n) is 48.8. The van der Waals surface area contributed by atoms with E-state index in [4.69, 9.17) is 52.1 Å². The number of hydrogen-bond donors (Lipinski definition) is 15. The second kappa shape index (κ2) is 27.0. The lowest BCUT2D eigenvalue weighted by Gasteiger charge is -2.59. The van der Waals surface area contributed by atoms with Crippen molar-refractivity contribution in [3.8, 4) is 0 Å². The van der Waals surface area contributed by atoms with Crippen LogP contribution in [0.5, 0.6) is 0 Å². The average molecular weight is 1230 g/mol. The number of esters is 1. The highest BCUT2D eigenvalue weighted by atomic mass is 16.8. The zero-order valence-corrected chi connectivity index (χ0v) is 48.8. The minimum absolute atomic E-state index is 0.0218. The summed E-state index contributed by atoms with van der Waals surface area (Å²) in [5.74, 6) is -1.83. The third-order valence-electron chi connectivity index (χ3n) is 20.6. The zero-order chi connectivity index (χ0) is 61.9. The van der Waals surface area contributed by atoms with Crippen molar-refractivity contribution in [1.29, 1.82) is 0 Å². The van der Waals surface area contributed by atoms with Gasteiger partial charge in [0.05, 0.1) is 45.2 Å². The van der Waals surface area contributed by atoms with E-state index in [1.165, 1.54) is 0 Å². The van der Waals surface area contributed by atoms with Crippen molar-refractivity contribution in [2.45, 2.75) is 258 Å². The highest BCUT2D eigenvalue weighted by Crippen LogP contribution is 2.69. The number of carbonyl (C=O) groups is 2. The first kappa shape index (κ1) is 67.3. The molecule has 3 saturated carbocycles. The van der Waals surface area contributed by atoms with Gasteiger partial charge in [-0.3, -0.25) is 9.59 Å². The Kier molecular flexibility index (Phi) is 21.4. The maximum Gasteiger partial charge on any atom is 0.303 e. The number of aliphatic hydroxyl groups is 15. The third-order valence-corrected chi connectivity index (χ3v) is 20.6. The molecule has 5 aliphatic heterocycles. The predicted octanol–water partition coefficient (Wildman–Crippen LogP) is -4.38. The number of aliphatic hydroxyl groups excluding tert-OH is 14. The number of ketones is 1. The molecule has 0 spiro atoms. The molecule has 0 aromatic rings. The topological polar surface area (TPSA) is 439 Å². The van der Waals surface area contributed by atoms with Crippen LogP contribution in [-0.2, 0) is 61.7 Å². The highest BCUT2D eigenvalue weighted by Gasteiger charge is 2.71. The van der Waals surface area contributed by atoms with E-state index in [2.05, 4.69) is 13.0 Å². The molecular weight excluding hydrogens is 1130 g/mol. The van der Waals surface area contributed by atoms with Gasteiger partial charge in [-0.05, 0) is 80.5 Å². The molecule has 32 atom stereocenters. The molecule has 0 aromatic heterocycles. The van der Waals surface area contributed by atoms with Crippen LogP contribution >= 0.6 is 0 Å². The number of carbonyl (C=O) groups excluding carboxylic acids is 2. The van der Waals surface area contributed by atoms with E-state index < -0.39 is 209 Å². The Bertz CT molecular complexity index is 2280. The molecule has 0 aromatic carbocycles. The van der Waals surface area contributed by atoms with Crippen molar-refractivity contribution < 1.29 is 138 Å². The first-order valence-corrected chi connectivity index (χ1v) is 30.0. The average Bonchev–Trinajstić information content (AvgIpc) is 1.63. The molecule has 8 fully saturated rings. The summed E-state index contributed by atoms with van der Waals surface area (Å²) in [5.41, 5.74) is -1.97. The molecule has 0 bridgehead atoms. The molecular formula is C57H92O28. The van der Waals surface area contributed by atoms with Crippen LogP contribution in [0.25, 0.3) is 0 Å². The Balaban J connectivity index is 0.877. The summed E-state index contributed by atoms with van der Waals surface area (Å²) in [7, 11) is 0. The van der Waals surface area contributed by atoms with Gasteiger partial charge in [0.25, 0.3) is 0 Å². The summed E-state index contributed by atoms with van der Waals surface area (Å²) < 4.78 is 65.0. The van der Waals surface area contributed by atoms with Gasteiger partial charge in [-0.15, -0.1) is 0 Å². The summed E-state index contributed by atoms with van der Waals surface area (Å²) in [6, 6.07) is 0. The van der Waals surface area contributed by atoms with Gasteiger partial charge < -0.3 is 129 Å². The van der Waals surface area contributed by atoms with Crippen LogP contribution in [0.1, 0.15) is 99.3 Å². The highest BCUT2D eigenvalue weighted by molar-refractivity contribution is 5.82. The fraction of sp³-hybridized carbons (Fsp3) is 0.930. The van der Waals surface area contributed by atoms with Gasteiger partial charge in [-0.25, -0.2) is 0 Å². The summed E-state index contributed by atoms with van der Waals surface area (Å²) in [6.07, 6.45) is -32.6.